The zero-order valence-corrected chi connectivity index (χ0v) is 16.9. The molecule has 7 heteroatoms. The smallest absolute Gasteiger partial charge is 0.413 e. The minimum absolute atomic E-state index is 0.626. The van der Waals surface area contributed by atoms with Crippen molar-refractivity contribution in [3.05, 3.63) is 65.7 Å². The van der Waals surface area contributed by atoms with Crippen molar-refractivity contribution in [2.45, 2.75) is 44.7 Å². The summed E-state index contributed by atoms with van der Waals surface area (Å²) < 4.78 is 16.7. The minimum Gasteiger partial charge on any atom is -0.497 e. The van der Waals surface area contributed by atoms with Gasteiger partial charge in [0.2, 0.25) is 0 Å². The topological polar surface area (TPSA) is 85.3 Å². The van der Waals surface area contributed by atoms with Gasteiger partial charge in [0.05, 0.1) is 7.11 Å². The van der Waals surface area contributed by atoms with Crippen molar-refractivity contribution in [3.63, 3.8) is 0 Å². The zero-order chi connectivity index (χ0) is 21.2. The van der Waals surface area contributed by atoms with E-state index < -0.39 is 36.0 Å². The van der Waals surface area contributed by atoms with Crippen LogP contribution in [-0.2, 0) is 14.3 Å². The van der Waals surface area contributed by atoms with E-state index in [-0.39, 0.29) is 0 Å². The number of rotatable bonds is 4. The second-order valence-corrected chi connectivity index (χ2v) is 7.76. The molecule has 1 saturated heterocycles. The van der Waals surface area contributed by atoms with Crippen LogP contribution >= 0.6 is 0 Å². The number of carboxylic acids is 1. The fourth-order valence-corrected chi connectivity index (χ4v) is 3.28. The van der Waals surface area contributed by atoms with Crippen LogP contribution in [0.3, 0.4) is 0 Å². The van der Waals surface area contributed by atoms with Crippen molar-refractivity contribution >= 4 is 12.1 Å². The lowest BCUT2D eigenvalue weighted by Gasteiger charge is -2.31. The van der Waals surface area contributed by atoms with E-state index in [2.05, 4.69) is 0 Å². The molecule has 1 heterocycles. The van der Waals surface area contributed by atoms with Crippen LogP contribution in [0.1, 0.15) is 44.2 Å². The Labute approximate surface area is 169 Å². The number of aliphatic carboxylic acids is 1. The summed E-state index contributed by atoms with van der Waals surface area (Å²) in [7, 11) is 1.56. The third kappa shape index (κ3) is 4.51. The van der Waals surface area contributed by atoms with Crippen LogP contribution in [0.25, 0.3) is 0 Å². The lowest BCUT2D eigenvalue weighted by molar-refractivity contribution is -0.150. The molecule has 154 valence electrons. The molecule has 7 nitrogen and oxygen atoms in total. The lowest BCUT2D eigenvalue weighted by atomic mass is 10.0. The number of carbonyl (C=O) groups is 2. The molecule has 0 bridgehead atoms. The van der Waals surface area contributed by atoms with Crippen molar-refractivity contribution in [2.75, 3.05) is 7.11 Å². The third-order valence-corrected chi connectivity index (χ3v) is 4.50. The molecule has 0 radical (unpaired) electrons. The summed E-state index contributed by atoms with van der Waals surface area (Å²) in [5, 5.41) is 9.80. The molecule has 1 N–H and O–H groups in total. The number of benzene rings is 2. The van der Waals surface area contributed by atoms with Gasteiger partial charge in [0.25, 0.3) is 0 Å². The molecular formula is C22H25NO6. The largest absolute Gasteiger partial charge is 0.497 e. The average molecular weight is 399 g/mol. The number of carboxylic acid groups (broad SMARTS) is 1. The van der Waals surface area contributed by atoms with E-state index in [1.807, 2.05) is 6.07 Å². The van der Waals surface area contributed by atoms with E-state index in [9.17, 15) is 14.7 Å². The van der Waals surface area contributed by atoms with Gasteiger partial charge in [0.15, 0.2) is 12.3 Å². The Bertz CT molecular complexity index is 859. The van der Waals surface area contributed by atoms with Crippen LogP contribution in [0.15, 0.2) is 54.6 Å². The van der Waals surface area contributed by atoms with Crippen LogP contribution in [-0.4, -0.2) is 40.9 Å². The van der Waals surface area contributed by atoms with Gasteiger partial charge in [0, 0.05) is 5.56 Å². The van der Waals surface area contributed by atoms with Gasteiger partial charge in [-0.1, -0.05) is 42.5 Å². The van der Waals surface area contributed by atoms with E-state index in [0.29, 0.717) is 16.9 Å². The van der Waals surface area contributed by atoms with Gasteiger partial charge in [-0.15, -0.1) is 0 Å². The summed E-state index contributed by atoms with van der Waals surface area (Å²) >= 11 is 0. The Balaban J connectivity index is 2.07. The maximum Gasteiger partial charge on any atom is 0.413 e. The summed E-state index contributed by atoms with van der Waals surface area (Å²) in [4.78, 5) is 26.5. The van der Waals surface area contributed by atoms with E-state index in [0.717, 1.165) is 0 Å². The van der Waals surface area contributed by atoms with Crippen molar-refractivity contribution in [2.24, 2.45) is 0 Å². The van der Waals surface area contributed by atoms with Gasteiger partial charge >= 0.3 is 12.1 Å². The second kappa shape index (κ2) is 8.13. The highest BCUT2D eigenvalue weighted by Crippen LogP contribution is 2.44. The van der Waals surface area contributed by atoms with E-state index in [1.165, 1.54) is 4.90 Å². The Morgan fingerprint density at radius 2 is 1.62 bits per heavy atom. The molecule has 1 fully saturated rings. The van der Waals surface area contributed by atoms with Crippen LogP contribution < -0.4 is 4.74 Å². The Morgan fingerprint density at radius 3 is 2.14 bits per heavy atom. The number of carbonyl (C=O) groups excluding carboxylic acids is 1. The van der Waals surface area contributed by atoms with E-state index in [1.54, 1.807) is 76.4 Å². The van der Waals surface area contributed by atoms with Gasteiger partial charge in [-0.05, 0) is 38.5 Å². The molecule has 0 saturated carbocycles. The molecule has 0 spiro atoms. The predicted octanol–water partition coefficient (Wildman–Crippen LogP) is 4.16. The first-order chi connectivity index (χ1) is 13.7. The Kier molecular flexibility index (Phi) is 5.79. The number of hydrogen-bond acceptors (Lipinski definition) is 5. The van der Waals surface area contributed by atoms with E-state index in [4.69, 9.17) is 14.2 Å². The highest BCUT2D eigenvalue weighted by molar-refractivity contribution is 5.77. The van der Waals surface area contributed by atoms with Gasteiger partial charge < -0.3 is 19.3 Å². The maximum absolute atomic E-state index is 13.1. The maximum atomic E-state index is 13.1. The number of amides is 1. The first kappa shape index (κ1) is 20.7. The lowest BCUT2D eigenvalue weighted by Crippen LogP contribution is -2.40. The molecule has 3 atom stereocenters. The standard InChI is InChI=1S/C22H25NO6/c1-22(2,3)29-21(26)23-17(14-8-6-5-7-9-14)18(20(24)25)28-19(23)15-10-12-16(27-4)13-11-15/h5-13,17-19H,1-4H3,(H,24,25)/t17?,18-,19-/m1/s1. The van der Waals surface area contributed by atoms with Crippen molar-refractivity contribution in [1.29, 1.82) is 0 Å². The van der Waals surface area contributed by atoms with Gasteiger partial charge in [-0.2, -0.15) is 0 Å². The highest BCUT2D eigenvalue weighted by Gasteiger charge is 2.51. The number of nitrogens with zero attached hydrogens (tertiary/aromatic N) is 1. The normalized spacial score (nSPS) is 21.7. The highest BCUT2D eigenvalue weighted by atomic mass is 16.6. The summed E-state index contributed by atoms with van der Waals surface area (Å²) in [5.41, 5.74) is 0.535. The van der Waals surface area contributed by atoms with Gasteiger partial charge in [0.1, 0.15) is 17.4 Å². The average Bonchev–Trinajstić information content (AvgIpc) is 3.08. The minimum atomic E-state index is -1.24. The second-order valence-electron chi connectivity index (χ2n) is 7.76. The van der Waals surface area contributed by atoms with Crippen LogP contribution in [0.4, 0.5) is 4.79 Å². The number of ether oxygens (including phenoxy) is 3. The van der Waals surface area contributed by atoms with Crippen molar-refractivity contribution in [1.82, 2.24) is 4.90 Å². The molecular weight excluding hydrogens is 374 g/mol. The molecule has 2 aromatic carbocycles. The first-order valence-corrected chi connectivity index (χ1v) is 9.30. The third-order valence-electron chi connectivity index (χ3n) is 4.50. The molecule has 1 unspecified atom stereocenters. The molecule has 3 rings (SSSR count). The fraction of sp³-hybridized carbons (Fsp3) is 0.364. The molecule has 29 heavy (non-hydrogen) atoms. The van der Waals surface area contributed by atoms with Crippen LogP contribution in [0.2, 0.25) is 0 Å². The molecule has 2 aromatic rings. The fourth-order valence-electron chi connectivity index (χ4n) is 3.28. The molecule has 1 aliphatic heterocycles. The number of methoxy groups -OCH3 is 1. The monoisotopic (exact) mass is 399 g/mol. The summed E-state index contributed by atoms with van der Waals surface area (Å²) in [6.45, 7) is 5.28. The SMILES string of the molecule is COc1ccc([C@H]2O[C@@H](C(=O)O)C(c3ccccc3)N2C(=O)OC(C)(C)C)cc1. The quantitative estimate of drug-likeness (QED) is 0.831. The van der Waals surface area contributed by atoms with Crippen molar-refractivity contribution < 1.29 is 28.9 Å². The predicted molar refractivity (Wildman–Crippen MR) is 105 cm³/mol. The van der Waals surface area contributed by atoms with Gasteiger partial charge in [-0.3, -0.25) is 4.90 Å². The molecule has 0 aromatic heterocycles. The first-order valence-electron chi connectivity index (χ1n) is 9.30. The van der Waals surface area contributed by atoms with E-state index >= 15 is 0 Å². The summed E-state index contributed by atoms with van der Waals surface area (Å²) in [5.74, 6) is -0.506. The van der Waals surface area contributed by atoms with Crippen LogP contribution in [0.5, 0.6) is 5.75 Å². The van der Waals surface area contributed by atoms with Crippen molar-refractivity contribution in [3.8, 4) is 5.75 Å². The Hall–Kier alpha value is -3.06. The Morgan fingerprint density at radius 1 is 1.00 bits per heavy atom. The van der Waals surface area contributed by atoms with Gasteiger partial charge in [-0.25, -0.2) is 9.59 Å². The van der Waals surface area contributed by atoms with Crippen LogP contribution in [0, 0.1) is 0 Å². The zero-order valence-electron chi connectivity index (χ0n) is 16.9. The number of hydrogen-bond donors (Lipinski definition) is 1. The molecule has 0 aliphatic carbocycles. The molecule has 1 aliphatic rings. The summed E-state index contributed by atoms with van der Waals surface area (Å²) in [6, 6.07) is 15.1. The molecule has 1 amide bonds. The summed E-state index contributed by atoms with van der Waals surface area (Å²) in [6.07, 6.45) is -2.80.